The Morgan fingerprint density at radius 1 is 1.50 bits per heavy atom. The molecular weight excluding hydrogens is 346 g/mol. The van der Waals surface area contributed by atoms with E-state index in [0.717, 1.165) is 10.0 Å². The Hall–Kier alpha value is -1.27. The summed E-state index contributed by atoms with van der Waals surface area (Å²) in [6.45, 7) is 5.50. The highest BCUT2D eigenvalue weighted by Gasteiger charge is 2.27. The van der Waals surface area contributed by atoms with Crippen molar-refractivity contribution in [1.82, 2.24) is 0 Å². The van der Waals surface area contributed by atoms with Gasteiger partial charge in [0.15, 0.2) is 5.84 Å². The number of hydrogen-bond donors (Lipinski definition) is 3. The molecule has 0 radical (unpaired) electrons. The number of nitrogens with one attached hydrogen (secondary N) is 1. The molecule has 0 heterocycles. The van der Waals surface area contributed by atoms with Gasteiger partial charge in [0.1, 0.15) is 5.92 Å². The molecule has 0 aromatic heterocycles. The maximum Gasteiger partial charge on any atom is 0.235 e. The predicted octanol–water partition coefficient (Wildman–Crippen LogP) is 3.37. The number of carbonyl (C=O) groups is 1. The Morgan fingerprint density at radius 2 is 2.10 bits per heavy atom. The van der Waals surface area contributed by atoms with Gasteiger partial charge < -0.3 is 16.3 Å². The highest BCUT2D eigenvalue weighted by atomic mass is 79.9. The summed E-state index contributed by atoms with van der Waals surface area (Å²) in [6, 6.07) is 3.47. The standard InChI is InChI=1S/C13H17BrClN3O2/c1-6(2)11(12(16)18-20)13(19)17-10-5-9(15)7(3)4-8(10)14/h4-6,11,20H,1-3H3,(H2,16,18)(H,17,19). The number of benzene rings is 1. The molecule has 20 heavy (non-hydrogen) atoms. The number of oxime groups is 1. The molecule has 0 aliphatic heterocycles. The average Bonchev–Trinajstić information content (AvgIpc) is 2.35. The zero-order chi connectivity index (χ0) is 15.4. The van der Waals surface area contributed by atoms with E-state index in [9.17, 15) is 4.79 Å². The third-order valence-electron chi connectivity index (χ3n) is 2.89. The molecule has 0 saturated heterocycles. The summed E-state index contributed by atoms with van der Waals surface area (Å²) in [6.07, 6.45) is 0. The van der Waals surface area contributed by atoms with Gasteiger partial charge in [-0.05, 0) is 46.5 Å². The molecule has 4 N–H and O–H groups in total. The Kier molecular flexibility index (Phi) is 5.83. The monoisotopic (exact) mass is 361 g/mol. The fourth-order valence-corrected chi connectivity index (χ4v) is 2.51. The van der Waals surface area contributed by atoms with Crippen LogP contribution < -0.4 is 11.1 Å². The lowest BCUT2D eigenvalue weighted by atomic mass is 9.93. The molecule has 1 unspecified atom stereocenters. The molecule has 5 nitrogen and oxygen atoms in total. The van der Waals surface area contributed by atoms with E-state index >= 15 is 0 Å². The first-order chi connectivity index (χ1) is 9.27. The van der Waals surface area contributed by atoms with Crippen molar-refractivity contribution in [3.05, 3.63) is 27.2 Å². The molecular formula is C13H17BrClN3O2. The zero-order valence-corrected chi connectivity index (χ0v) is 13.8. The first kappa shape index (κ1) is 16.8. The van der Waals surface area contributed by atoms with Crippen LogP contribution in [0.5, 0.6) is 0 Å². The number of aryl methyl sites for hydroxylation is 1. The van der Waals surface area contributed by atoms with Crippen molar-refractivity contribution >= 4 is 45.0 Å². The van der Waals surface area contributed by atoms with Crippen LogP contribution in [0, 0.1) is 18.8 Å². The van der Waals surface area contributed by atoms with Crippen molar-refractivity contribution in [2.24, 2.45) is 22.7 Å². The lowest BCUT2D eigenvalue weighted by molar-refractivity contribution is -0.119. The highest BCUT2D eigenvalue weighted by molar-refractivity contribution is 9.10. The van der Waals surface area contributed by atoms with Crippen LogP contribution in [0.15, 0.2) is 21.8 Å². The molecule has 0 bridgehead atoms. The van der Waals surface area contributed by atoms with Crippen LogP contribution in [0.25, 0.3) is 0 Å². The van der Waals surface area contributed by atoms with Gasteiger partial charge in [0.25, 0.3) is 0 Å². The lowest BCUT2D eigenvalue weighted by Crippen LogP contribution is -2.38. The van der Waals surface area contributed by atoms with Gasteiger partial charge in [-0.1, -0.05) is 30.6 Å². The molecule has 0 spiro atoms. The van der Waals surface area contributed by atoms with Gasteiger partial charge in [-0.3, -0.25) is 4.79 Å². The van der Waals surface area contributed by atoms with Crippen LogP contribution in [0.3, 0.4) is 0 Å². The molecule has 1 rings (SSSR count). The number of amidine groups is 1. The molecule has 0 saturated carbocycles. The summed E-state index contributed by atoms with van der Waals surface area (Å²) in [5, 5.41) is 15.0. The molecule has 1 atom stereocenters. The van der Waals surface area contributed by atoms with Gasteiger partial charge in [-0.25, -0.2) is 0 Å². The highest BCUT2D eigenvalue weighted by Crippen LogP contribution is 2.29. The smallest absolute Gasteiger partial charge is 0.235 e. The van der Waals surface area contributed by atoms with Crippen molar-refractivity contribution < 1.29 is 10.0 Å². The van der Waals surface area contributed by atoms with Gasteiger partial charge in [0.05, 0.1) is 5.69 Å². The minimum absolute atomic E-state index is 0.106. The van der Waals surface area contributed by atoms with Crippen LogP contribution in [-0.4, -0.2) is 17.0 Å². The van der Waals surface area contributed by atoms with E-state index in [1.54, 1.807) is 6.07 Å². The van der Waals surface area contributed by atoms with E-state index in [1.807, 2.05) is 26.8 Å². The number of halogens is 2. The number of amides is 1. The molecule has 0 fully saturated rings. The first-order valence-electron chi connectivity index (χ1n) is 6.01. The van der Waals surface area contributed by atoms with E-state index in [4.69, 9.17) is 22.5 Å². The molecule has 110 valence electrons. The quantitative estimate of drug-likeness (QED) is 0.332. The van der Waals surface area contributed by atoms with E-state index in [-0.39, 0.29) is 17.7 Å². The molecule has 1 aromatic rings. The van der Waals surface area contributed by atoms with Gasteiger partial charge in [0.2, 0.25) is 5.91 Å². The van der Waals surface area contributed by atoms with Gasteiger partial charge in [-0.15, -0.1) is 0 Å². The number of rotatable bonds is 4. The lowest BCUT2D eigenvalue weighted by Gasteiger charge is -2.19. The van der Waals surface area contributed by atoms with Gasteiger partial charge >= 0.3 is 0 Å². The summed E-state index contributed by atoms with van der Waals surface area (Å²) in [4.78, 5) is 12.3. The van der Waals surface area contributed by atoms with Crippen LogP contribution in [0.4, 0.5) is 5.69 Å². The van der Waals surface area contributed by atoms with E-state index in [0.29, 0.717) is 10.7 Å². The largest absolute Gasteiger partial charge is 0.409 e. The van der Waals surface area contributed by atoms with Gasteiger partial charge in [-0.2, -0.15) is 0 Å². The number of nitrogens with zero attached hydrogens (tertiary/aromatic N) is 1. The summed E-state index contributed by atoms with van der Waals surface area (Å²) >= 11 is 9.41. The van der Waals surface area contributed by atoms with E-state index in [1.165, 1.54) is 0 Å². The van der Waals surface area contributed by atoms with Crippen molar-refractivity contribution in [2.75, 3.05) is 5.32 Å². The fourth-order valence-electron chi connectivity index (χ4n) is 1.79. The van der Waals surface area contributed by atoms with Crippen LogP contribution in [-0.2, 0) is 4.79 Å². The summed E-state index contributed by atoms with van der Waals surface area (Å²) in [7, 11) is 0. The number of nitrogens with two attached hydrogens (primary N) is 1. The SMILES string of the molecule is Cc1cc(Br)c(NC(=O)C(/C(N)=N/O)C(C)C)cc1Cl. The summed E-state index contributed by atoms with van der Waals surface area (Å²) in [5.74, 6) is -1.29. The molecule has 0 aliphatic rings. The molecule has 7 heteroatoms. The predicted molar refractivity (Wildman–Crippen MR) is 84.3 cm³/mol. The summed E-state index contributed by atoms with van der Waals surface area (Å²) in [5.41, 5.74) is 7.01. The Bertz CT molecular complexity index is 547. The Labute approximate surface area is 131 Å². The van der Waals surface area contributed by atoms with E-state index < -0.39 is 5.92 Å². The third kappa shape index (κ3) is 3.86. The minimum Gasteiger partial charge on any atom is -0.409 e. The summed E-state index contributed by atoms with van der Waals surface area (Å²) < 4.78 is 0.717. The Morgan fingerprint density at radius 3 is 2.60 bits per heavy atom. The van der Waals surface area contributed by atoms with Crippen molar-refractivity contribution in [3.63, 3.8) is 0 Å². The van der Waals surface area contributed by atoms with E-state index in [2.05, 4.69) is 26.4 Å². The number of hydrogen-bond acceptors (Lipinski definition) is 3. The van der Waals surface area contributed by atoms with Crippen molar-refractivity contribution in [2.45, 2.75) is 20.8 Å². The fraction of sp³-hybridized carbons (Fsp3) is 0.385. The van der Waals surface area contributed by atoms with Crippen LogP contribution in [0.1, 0.15) is 19.4 Å². The maximum atomic E-state index is 12.3. The van der Waals surface area contributed by atoms with Crippen molar-refractivity contribution in [1.29, 1.82) is 0 Å². The van der Waals surface area contributed by atoms with Crippen LogP contribution >= 0.6 is 27.5 Å². The average molecular weight is 363 g/mol. The second-order valence-electron chi connectivity index (χ2n) is 4.82. The molecule has 1 amide bonds. The Balaban J connectivity index is 3.03. The molecule has 0 aliphatic carbocycles. The second-order valence-corrected chi connectivity index (χ2v) is 6.08. The third-order valence-corrected chi connectivity index (χ3v) is 3.95. The molecule has 1 aromatic carbocycles. The first-order valence-corrected chi connectivity index (χ1v) is 7.19. The van der Waals surface area contributed by atoms with Gasteiger partial charge in [0, 0.05) is 9.50 Å². The number of anilines is 1. The van der Waals surface area contributed by atoms with Crippen LogP contribution in [0.2, 0.25) is 5.02 Å². The topological polar surface area (TPSA) is 87.7 Å². The maximum absolute atomic E-state index is 12.3. The minimum atomic E-state index is -0.716. The number of carbonyl (C=O) groups excluding carboxylic acids is 1. The second kappa shape index (κ2) is 6.95. The zero-order valence-electron chi connectivity index (χ0n) is 11.4. The van der Waals surface area contributed by atoms with Crippen molar-refractivity contribution in [3.8, 4) is 0 Å². The normalized spacial score (nSPS) is 13.4.